The van der Waals surface area contributed by atoms with Crippen LogP contribution in [0, 0.1) is 0 Å². The predicted molar refractivity (Wildman–Crippen MR) is 83.8 cm³/mol. The average molecular weight is 299 g/mol. The van der Waals surface area contributed by atoms with Gasteiger partial charge in [-0.2, -0.15) is 0 Å². The molecule has 0 aromatic heterocycles. The second kappa shape index (κ2) is 8.82. The number of halogens is 1. The molecular weight excluding hydrogens is 276 g/mol. The first-order valence-electron chi connectivity index (χ1n) is 6.94. The number of methoxy groups -OCH3 is 1. The van der Waals surface area contributed by atoms with E-state index in [4.69, 9.17) is 4.74 Å². The molecular formula is C15H23ClN2O2. The summed E-state index contributed by atoms with van der Waals surface area (Å²) in [6.07, 6.45) is 4.40. The Labute approximate surface area is 126 Å². The first-order chi connectivity index (χ1) is 9.28. The molecule has 1 amide bonds. The number of carbonyl (C=O) groups is 1. The van der Waals surface area contributed by atoms with Gasteiger partial charge in [0.1, 0.15) is 5.75 Å². The van der Waals surface area contributed by atoms with E-state index in [1.54, 1.807) is 7.11 Å². The van der Waals surface area contributed by atoms with Crippen LogP contribution >= 0.6 is 12.4 Å². The van der Waals surface area contributed by atoms with Gasteiger partial charge >= 0.3 is 0 Å². The third kappa shape index (κ3) is 5.39. The van der Waals surface area contributed by atoms with E-state index in [0.717, 1.165) is 31.1 Å². The Bertz CT molecular complexity index is 420. The minimum absolute atomic E-state index is 0. The fourth-order valence-electron chi connectivity index (χ4n) is 2.37. The van der Waals surface area contributed by atoms with E-state index in [-0.39, 0.29) is 18.3 Å². The molecule has 1 aromatic carbocycles. The fraction of sp³-hybridized carbons (Fsp3) is 0.533. The molecule has 0 atom stereocenters. The van der Waals surface area contributed by atoms with Gasteiger partial charge in [0.2, 0.25) is 5.91 Å². The van der Waals surface area contributed by atoms with Crippen molar-refractivity contribution in [3.63, 3.8) is 0 Å². The van der Waals surface area contributed by atoms with Gasteiger partial charge in [-0.25, -0.2) is 0 Å². The highest BCUT2D eigenvalue weighted by Gasteiger charge is 2.11. The molecule has 0 unspecified atom stereocenters. The number of anilines is 1. The van der Waals surface area contributed by atoms with E-state index in [1.165, 1.54) is 19.3 Å². The average Bonchev–Trinajstić information content (AvgIpc) is 2.46. The van der Waals surface area contributed by atoms with E-state index >= 15 is 0 Å². The van der Waals surface area contributed by atoms with E-state index in [0.29, 0.717) is 6.42 Å². The molecule has 0 radical (unpaired) electrons. The van der Waals surface area contributed by atoms with E-state index in [9.17, 15) is 4.79 Å². The third-order valence-electron chi connectivity index (χ3n) is 3.46. The van der Waals surface area contributed by atoms with Crippen LogP contribution < -0.4 is 10.1 Å². The molecule has 1 aliphatic rings. The van der Waals surface area contributed by atoms with Gasteiger partial charge in [-0.1, -0.05) is 12.5 Å². The molecule has 1 N–H and O–H groups in total. The third-order valence-corrected chi connectivity index (χ3v) is 3.46. The van der Waals surface area contributed by atoms with Crippen LogP contribution in [0.4, 0.5) is 5.69 Å². The number of rotatable bonds is 5. The Morgan fingerprint density at radius 1 is 1.30 bits per heavy atom. The van der Waals surface area contributed by atoms with Crippen molar-refractivity contribution in [2.45, 2.75) is 25.7 Å². The van der Waals surface area contributed by atoms with Crippen molar-refractivity contribution in [2.24, 2.45) is 0 Å². The number of benzene rings is 1. The second-order valence-electron chi connectivity index (χ2n) is 4.93. The Hall–Kier alpha value is -1.26. The van der Waals surface area contributed by atoms with Crippen LogP contribution in [0.3, 0.4) is 0 Å². The lowest BCUT2D eigenvalue weighted by atomic mass is 10.1. The maximum absolute atomic E-state index is 11.9. The number of ether oxygens (including phenoxy) is 1. The highest BCUT2D eigenvalue weighted by Crippen LogP contribution is 2.17. The van der Waals surface area contributed by atoms with Gasteiger partial charge in [0.05, 0.1) is 7.11 Å². The van der Waals surface area contributed by atoms with Crippen LogP contribution in [-0.2, 0) is 4.79 Å². The Kier molecular flexibility index (Phi) is 7.41. The molecule has 20 heavy (non-hydrogen) atoms. The number of amides is 1. The fourth-order valence-corrected chi connectivity index (χ4v) is 2.37. The normalized spacial score (nSPS) is 15.2. The molecule has 2 rings (SSSR count). The zero-order chi connectivity index (χ0) is 13.5. The highest BCUT2D eigenvalue weighted by atomic mass is 35.5. The Balaban J connectivity index is 0.00000200. The molecule has 1 saturated heterocycles. The van der Waals surface area contributed by atoms with Gasteiger partial charge < -0.3 is 15.0 Å². The zero-order valence-electron chi connectivity index (χ0n) is 11.9. The number of hydrogen-bond donors (Lipinski definition) is 1. The number of piperidine rings is 1. The lowest BCUT2D eigenvalue weighted by molar-refractivity contribution is -0.116. The van der Waals surface area contributed by atoms with Crippen LogP contribution in [0.15, 0.2) is 24.3 Å². The minimum atomic E-state index is 0. The van der Waals surface area contributed by atoms with E-state index in [1.807, 2.05) is 24.3 Å². The second-order valence-corrected chi connectivity index (χ2v) is 4.93. The van der Waals surface area contributed by atoms with Gasteiger partial charge in [0, 0.05) is 24.7 Å². The largest absolute Gasteiger partial charge is 0.497 e. The monoisotopic (exact) mass is 298 g/mol. The SMILES string of the molecule is COc1cccc(NC(=O)CCN2CCCCC2)c1.Cl. The summed E-state index contributed by atoms with van der Waals surface area (Å²) in [5, 5.41) is 2.91. The number of carbonyl (C=O) groups excluding carboxylic acids is 1. The predicted octanol–water partition coefficient (Wildman–Crippen LogP) is 2.93. The van der Waals surface area contributed by atoms with Crippen molar-refractivity contribution in [1.82, 2.24) is 4.90 Å². The summed E-state index contributed by atoms with van der Waals surface area (Å²) in [6.45, 7) is 3.12. The minimum Gasteiger partial charge on any atom is -0.497 e. The topological polar surface area (TPSA) is 41.6 Å². The van der Waals surface area contributed by atoms with Crippen molar-refractivity contribution >= 4 is 24.0 Å². The lowest BCUT2D eigenvalue weighted by Crippen LogP contribution is -2.32. The van der Waals surface area contributed by atoms with Crippen molar-refractivity contribution < 1.29 is 9.53 Å². The van der Waals surface area contributed by atoms with Crippen molar-refractivity contribution in [2.75, 3.05) is 32.1 Å². The molecule has 1 aliphatic heterocycles. The molecule has 1 fully saturated rings. The summed E-state index contributed by atoms with van der Waals surface area (Å²) >= 11 is 0. The molecule has 0 bridgehead atoms. The van der Waals surface area contributed by atoms with Crippen LogP contribution in [0.25, 0.3) is 0 Å². The van der Waals surface area contributed by atoms with Crippen LogP contribution in [0.2, 0.25) is 0 Å². The van der Waals surface area contributed by atoms with E-state index < -0.39 is 0 Å². The quantitative estimate of drug-likeness (QED) is 0.909. The van der Waals surface area contributed by atoms with Gasteiger partial charge in [-0.3, -0.25) is 4.79 Å². The molecule has 0 spiro atoms. The van der Waals surface area contributed by atoms with Crippen LogP contribution in [0.1, 0.15) is 25.7 Å². The lowest BCUT2D eigenvalue weighted by Gasteiger charge is -2.25. The van der Waals surface area contributed by atoms with Crippen LogP contribution in [0.5, 0.6) is 5.75 Å². The van der Waals surface area contributed by atoms with Gasteiger partial charge in [-0.15, -0.1) is 12.4 Å². The zero-order valence-corrected chi connectivity index (χ0v) is 12.7. The Morgan fingerprint density at radius 2 is 2.05 bits per heavy atom. The molecule has 1 heterocycles. The smallest absolute Gasteiger partial charge is 0.225 e. The van der Waals surface area contributed by atoms with Crippen molar-refractivity contribution in [3.8, 4) is 5.75 Å². The first-order valence-corrected chi connectivity index (χ1v) is 6.94. The number of likely N-dealkylation sites (tertiary alicyclic amines) is 1. The van der Waals surface area contributed by atoms with Crippen molar-refractivity contribution in [3.05, 3.63) is 24.3 Å². The molecule has 5 heteroatoms. The number of nitrogens with one attached hydrogen (secondary N) is 1. The summed E-state index contributed by atoms with van der Waals surface area (Å²) in [5.41, 5.74) is 0.794. The van der Waals surface area contributed by atoms with Gasteiger partial charge in [0.25, 0.3) is 0 Å². The highest BCUT2D eigenvalue weighted by molar-refractivity contribution is 5.91. The van der Waals surface area contributed by atoms with Crippen molar-refractivity contribution in [1.29, 1.82) is 0 Å². The number of hydrogen-bond acceptors (Lipinski definition) is 3. The molecule has 4 nitrogen and oxygen atoms in total. The number of nitrogens with zero attached hydrogens (tertiary/aromatic N) is 1. The summed E-state index contributed by atoms with van der Waals surface area (Å²) in [7, 11) is 1.62. The summed E-state index contributed by atoms with van der Waals surface area (Å²) in [4.78, 5) is 14.2. The molecule has 1 aromatic rings. The Morgan fingerprint density at radius 3 is 2.75 bits per heavy atom. The maximum atomic E-state index is 11.9. The summed E-state index contributed by atoms with van der Waals surface area (Å²) < 4.78 is 5.13. The molecule has 112 valence electrons. The van der Waals surface area contributed by atoms with Gasteiger partial charge in [0.15, 0.2) is 0 Å². The summed E-state index contributed by atoms with van der Waals surface area (Å²) in [6, 6.07) is 7.45. The van der Waals surface area contributed by atoms with Gasteiger partial charge in [-0.05, 0) is 38.1 Å². The summed E-state index contributed by atoms with van der Waals surface area (Å²) in [5.74, 6) is 0.827. The molecule has 0 aliphatic carbocycles. The van der Waals surface area contributed by atoms with Crippen LogP contribution in [-0.4, -0.2) is 37.6 Å². The molecule has 0 saturated carbocycles. The maximum Gasteiger partial charge on any atom is 0.225 e. The standard InChI is InChI=1S/C15H22N2O2.ClH/c1-19-14-7-5-6-13(12-14)16-15(18)8-11-17-9-3-2-4-10-17;/h5-7,12H,2-4,8-11H2,1H3,(H,16,18);1H. The van der Waals surface area contributed by atoms with E-state index in [2.05, 4.69) is 10.2 Å². The first kappa shape index (κ1) is 16.8.